The van der Waals surface area contributed by atoms with E-state index >= 15 is 0 Å². The molecule has 4 N–H and O–H groups in total. The number of benzene rings is 1. The molecule has 0 atom stereocenters. The largest absolute Gasteiger partial charge is 0.380 e. The highest BCUT2D eigenvalue weighted by molar-refractivity contribution is 7.92. The van der Waals surface area contributed by atoms with Crippen LogP contribution in [-0.4, -0.2) is 30.1 Å². The van der Waals surface area contributed by atoms with Crippen LogP contribution in [0.1, 0.15) is 23.6 Å². The number of aromatic nitrogens is 2. The standard InChI is InChI=1S/C21H22FN5O3S/c1-3-31(29,30)27-20-18(19(22)23)17(24-11-14-7-5-4-6-8-14)10-16(26-20)15-9-13(2)21(28)25-12-15/h4-10,12,23H,3,11H2,1-2H3,(H,25,28)(H2,24,26,27). The van der Waals surface area contributed by atoms with Crippen molar-refractivity contribution in [1.29, 1.82) is 5.41 Å². The molecule has 0 radical (unpaired) electrons. The number of aryl methyl sites for hydroxylation is 1. The van der Waals surface area contributed by atoms with Crippen molar-refractivity contribution in [3.05, 3.63) is 75.7 Å². The highest BCUT2D eigenvalue weighted by atomic mass is 32.2. The lowest BCUT2D eigenvalue weighted by molar-refractivity contribution is 0.602. The minimum Gasteiger partial charge on any atom is -0.380 e. The number of anilines is 2. The fourth-order valence-corrected chi connectivity index (χ4v) is 3.47. The Kier molecular flexibility index (Phi) is 6.50. The average molecular weight is 444 g/mol. The third kappa shape index (κ3) is 5.34. The van der Waals surface area contributed by atoms with Gasteiger partial charge in [0.1, 0.15) is 0 Å². The fourth-order valence-electron chi connectivity index (χ4n) is 2.89. The molecule has 0 unspecified atom stereocenters. The van der Waals surface area contributed by atoms with E-state index in [4.69, 9.17) is 5.41 Å². The van der Waals surface area contributed by atoms with Crippen molar-refractivity contribution in [3.8, 4) is 11.3 Å². The number of aromatic amines is 1. The third-order valence-corrected chi connectivity index (χ3v) is 5.85. The van der Waals surface area contributed by atoms with Gasteiger partial charge in [0, 0.05) is 23.9 Å². The first-order valence-corrected chi connectivity index (χ1v) is 11.1. The monoisotopic (exact) mass is 443 g/mol. The molecule has 10 heteroatoms. The van der Waals surface area contributed by atoms with Crippen LogP contribution >= 0.6 is 0 Å². The first kappa shape index (κ1) is 22.2. The van der Waals surface area contributed by atoms with Gasteiger partial charge >= 0.3 is 0 Å². The Balaban J connectivity index is 2.16. The number of halogens is 1. The highest BCUT2D eigenvalue weighted by Gasteiger charge is 2.21. The Bertz CT molecular complexity index is 1270. The van der Waals surface area contributed by atoms with E-state index in [1.165, 1.54) is 19.2 Å². The van der Waals surface area contributed by atoms with Crippen molar-refractivity contribution >= 4 is 27.5 Å². The molecule has 0 fully saturated rings. The quantitative estimate of drug-likeness (QED) is 0.397. The van der Waals surface area contributed by atoms with Gasteiger partial charge in [-0.05, 0) is 31.5 Å². The summed E-state index contributed by atoms with van der Waals surface area (Å²) in [4.78, 5) is 18.5. The number of hydrogen-bond donors (Lipinski definition) is 4. The molecule has 0 aliphatic heterocycles. The van der Waals surface area contributed by atoms with Crippen molar-refractivity contribution in [1.82, 2.24) is 9.97 Å². The van der Waals surface area contributed by atoms with Gasteiger partial charge in [-0.1, -0.05) is 30.3 Å². The van der Waals surface area contributed by atoms with Crippen LogP contribution in [0.15, 0.2) is 53.5 Å². The summed E-state index contributed by atoms with van der Waals surface area (Å²) in [6.07, 6.45) is 1.44. The molecule has 162 valence electrons. The SMILES string of the molecule is CCS(=O)(=O)Nc1nc(-c2c[nH]c(=O)c(C)c2)cc(NCc2ccccc2)c1C(=N)F. The smallest absolute Gasteiger partial charge is 0.250 e. The van der Waals surface area contributed by atoms with Gasteiger partial charge in [0.05, 0.1) is 22.7 Å². The number of pyridine rings is 2. The first-order chi connectivity index (χ1) is 14.7. The van der Waals surface area contributed by atoms with Crippen LogP contribution < -0.4 is 15.6 Å². The lowest BCUT2D eigenvalue weighted by Crippen LogP contribution is -2.19. The van der Waals surface area contributed by atoms with Crippen LogP contribution in [0.3, 0.4) is 0 Å². The predicted molar refractivity (Wildman–Crippen MR) is 120 cm³/mol. The normalized spacial score (nSPS) is 11.2. The molecule has 2 aromatic heterocycles. The molecule has 0 aliphatic rings. The summed E-state index contributed by atoms with van der Waals surface area (Å²) in [5.41, 5.74) is 1.79. The molecule has 0 bridgehead atoms. The summed E-state index contributed by atoms with van der Waals surface area (Å²) in [7, 11) is -3.79. The zero-order valence-electron chi connectivity index (χ0n) is 17.0. The number of nitrogens with zero attached hydrogens (tertiary/aromatic N) is 1. The van der Waals surface area contributed by atoms with Crippen LogP contribution in [0.5, 0.6) is 0 Å². The number of H-pyrrole nitrogens is 1. The molecule has 8 nitrogen and oxygen atoms in total. The summed E-state index contributed by atoms with van der Waals surface area (Å²) in [6.45, 7) is 3.38. The molecule has 1 aromatic carbocycles. The van der Waals surface area contributed by atoms with Crippen molar-refractivity contribution in [2.45, 2.75) is 20.4 Å². The molecule has 0 amide bonds. The average Bonchev–Trinajstić information content (AvgIpc) is 2.74. The van der Waals surface area contributed by atoms with E-state index in [0.29, 0.717) is 23.4 Å². The lowest BCUT2D eigenvalue weighted by Gasteiger charge is -2.17. The summed E-state index contributed by atoms with van der Waals surface area (Å²) < 4.78 is 40.8. The van der Waals surface area contributed by atoms with E-state index in [2.05, 4.69) is 20.0 Å². The fraction of sp³-hybridized carbons (Fsp3) is 0.190. The summed E-state index contributed by atoms with van der Waals surface area (Å²) in [5.74, 6) is -1.88. The van der Waals surface area contributed by atoms with Crippen molar-refractivity contribution < 1.29 is 12.8 Å². The van der Waals surface area contributed by atoms with Crippen LogP contribution in [0.2, 0.25) is 0 Å². The summed E-state index contributed by atoms with van der Waals surface area (Å²) in [5, 5.41) is 10.6. The summed E-state index contributed by atoms with van der Waals surface area (Å²) >= 11 is 0. The maximum absolute atomic E-state index is 14.2. The van der Waals surface area contributed by atoms with E-state index in [0.717, 1.165) is 5.56 Å². The molecule has 0 spiro atoms. The molecule has 0 aliphatic carbocycles. The van der Waals surface area contributed by atoms with E-state index < -0.39 is 16.0 Å². The Morgan fingerprint density at radius 3 is 2.55 bits per heavy atom. The molecule has 31 heavy (non-hydrogen) atoms. The van der Waals surface area contributed by atoms with E-state index in [-0.39, 0.29) is 28.4 Å². The molecule has 3 rings (SSSR count). The Hall–Kier alpha value is -3.53. The van der Waals surface area contributed by atoms with Crippen LogP contribution in [-0.2, 0) is 16.6 Å². The van der Waals surface area contributed by atoms with Crippen LogP contribution in [0.25, 0.3) is 11.3 Å². The Morgan fingerprint density at radius 1 is 1.23 bits per heavy atom. The second kappa shape index (κ2) is 9.09. The third-order valence-electron chi connectivity index (χ3n) is 4.58. The zero-order chi connectivity index (χ0) is 22.6. The van der Waals surface area contributed by atoms with Gasteiger partial charge in [0.2, 0.25) is 16.0 Å². The van der Waals surface area contributed by atoms with Gasteiger partial charge in [0.25, 0.3) is 5.56 Å². The van der Waals surface area contributed by atoms with Gasteiger partial charge in [-0.2, -0.15) is 4.39 Å². The number of rotatable bonds is 8. The number of hydrogen-bond acceptors (Lipinski definition) is 6. The van der Waals surface area contributed by atoms with Gasteiger partial charge in [-0.3, -0.25) is 14.9 Å². The van der Waals surface area contributed by atoms with Crippen molar-refractivity contribution in [2.75, 3.05) is 15.8 Å². The molecular formula is C21H22FN5O3S. The predicted octanol–water partition coefficient (Wildman–Crippen LogP) is 3.41. The lowest BCUT2D eigenvalue weighted by atomic mass is 10.1. The Morgan fingerprint density at radius 2 is 1.94 bits per heavy atom. The first-order valence-electron chi connectivity index (χ1n) is 9.47. The van der Waals surface area contributed by atoms with Crippen molar-refractivity contribution in [3.63, 3.8) is 0 Å². The minimum absolute atomic E-state index is 0.194. The highest BCUT2D eigenvalue weighted by Crippen LogP contribution is 2.31. The van der Waals surface area contributed by atoms with Gasteiger partial charge in [0.15, 0.2) is 5.82 Å². The van der Waals surface area contributed by atoms with Crippen molar-refractivity contribution in [2.24, 2.45) is 0 Å². The molecule has 0 saturated carbocycles. The Labute approximate surface area is 179 Å². The second-order valence-electron chi connectivity index (χ2n) is 6.84. The minimum atomic E-state index is -3.79. The zero-order valence-corrected chi connectivity index (χ0v) is 17.8. The molecule has 3 aromatic rings. The van der Waals surface area contributed by atoms with E-state index in [1.807, 2.05) is 30.3 Å². The van der Waals surface area contributed by atoms with Gasteiger partial charge < -0.3 is 10.3 Å². The van der Waals surface area contributed by atoms with Crippen LogP contribution in [0.4, 0.5) is 15.9 Å². The molecule has 0 saturated heterocycles. The molecule has 2 heterocycles. The van der Waals surface area contributed by atoms with Gasteiger partial charge in [-0.15, -0.1) is 0 Å². The summed E-state index contributed by atoms with van der Waals surface area (Å²) in [6, 6.07) is 12.5. The number of sulfonamides is 1. The van der Waals surface area contributed by atoms with Crippen LogP contribution in [0, 0.1) is 12.3 Å². The maximum Gasteiger partial charge on any atom is 0.250 e. The second-order valence-corrected chi connectivity index (χ2v) is 8.85. The molecular weight excluding hydrogens is 421 g/mol. The van der Waals surface area contributed by atoms with Gasteiger partial charge in [-0.25, -0.2) is 13.4 Å². The van der Waals surface area contributed by atoms with E-state index in [1.54, 1.807) is 13.0 Å². The van der Waals surface area contributed by atoms with E-state index in [9.17, 15) is 17.6 Å². The number of nitrogens with one attached hydrogen (secondary N) is 4. The topological polar surface area (TPSA) is 128 Å². The maximum atomic E-state index is 14.2.